The monoisotopic (exact) mass is 964 g/mol. The zero-order valence-corrected chi connectivity index (χ0v) is 40.8. The van der Waals surface area contributed by atoms with Crippen LogP contribution in [0.2, 0.25) is 25.7 Å². The summed E-state index contributed by atoms with van der Waals surface area (Å²) in [5.74, 6) is 0.623. The van der Waals surface area contributed by atoms with Gasteiger partial charge in [0.1, 0.15) is 6.73 Å². The molecular formula is C42H57ClN14O5S2Si. The molecule has 10 rings (SSSR count). The minimum Gasteiger partial charge on any atom is -0.396 e. The van der Waals surface area contributed by atoms with Crippen molar-refractivity contribution in [1.82, 2.24) is 49.5 Å². The molecule has 2 aromatic carbocycles. The first-order chi connectivity index (χ1) is 30.9. The van der Waals surface area contributed by atoms with Crippen molar-refractivity contribution in [3.8, 4) is 0 Å². The lowest BCUT2D eigenvalue weighted by Crippen LogP contribution is -2.22. The van der Waals surface area contributed by atoms with E-state index in [1.165, 1.54) is 60.1 Å². The fourth-order valence-corrected chi connectivity index (χ4v) is 11.1. The van der Waals surface area contributed by atoms with E-state index in [2.05, 4.69) is 82.6 Å². The Morgan fingerprint density at radius 2 is 1.31 bits per heavy atom. The molecule has 4 aliphatic carbocycles. The number of nitrogen functional groups attached to an aromatic ring is 1. The largest absolute Gasteiger partial charge is 0.396 e. The number of benzene rings is 2. The van der Waals surface area contributed by atoms with Crippen molar-refractivity contribution in [2.75, 3.05) is 27.7 Å². The lowest BCUT2D eigenvalue weighted by molar-refractivity contribution is 0.0792. The highest BCUT2D eigenvalue weighted by Gasteiger charge is 2.29. The fraction of sp³-hybridized carbons (Fsp3) is 0.476. The molecule has 0 spiro atoms. The van der Waals surface area contributed by atoms with Crippen LogP contribution in [0, 0.1) is 0 Å². The van der Waals surface area contributed by atoms with Gasteiger partial charge < -0.3 is 21.1 Å². The third-order valence-electron chi connectivity index (χ3n) is 11.9. The first-order valence-corrected chi connectivity index (χ1v) is 29.4. The minimum atomic E-state index is -4.03. The zero-order chi connectivity index (χ0) is 46.1. The second-order valence-electron chi connectivity index (χ2n) is 18.1. The number of ether oxygens (including phenoxy) is 1. The molecule has 4 aromatic heterocycles. The van der Waals surface area contributed by atoms with Gasteiger partial charge in [-0.2, -0.15) is 28.6 Å². The van der Waals surface area contributed by atoms with E-state index in [0.29, 0.717) is 23.9 Å². The van der Waals surface area contributed by atoms with E-state index in [1.807, 2.05) is 7.05 Å². The molecule has 6 N–H and O–H groups in total. The van der Waals surface area contributed by atoms with Gasteiger partial charge in [0.25, 0.3) is 29.4 Å². The molecule has 4 aliphatic rings. The van der Waals surface area contributed by atoms with Crippen molar-refractivity contribution in [3.63, 3.8) is 0 Å². The van der Waals surface area contributed by atoms with Crippen LogP contribution >= 0.6 is 10.7 Å². The summed E-state index contributed by atoms with van der Waals surface area (Å²) in [6.07, 6.45) is 19.4. The highest BCUT2D eigenvalue weighted by molar-refractivity contribution is 8.13. The summed E-state index contributed by atoms with van der Waals surface area (Å²) in [6.45, 7) is 7.59. The molecule has 0 aliphatic heterocycles. The Labute approximate surface area is 384 Å². The van der Waals surface area contributed by atoms with Crippen molar-refractivity contribution in [1.29, 1.82) is 0 Å². The van der Waals surface area contributed by atoms with Gasteiger partial charge in [-0.25, -0.2) is 18.2 Å². The molecule has 0 radical (unpaired) electrons. The van der Waals surface area contributed by atoms with Crippen LogP contribution in [0.1, 0.15) is 70.2 Å². The maximum Gasteiger partial charge on any atom is 0.298 e. The maximum atomic E-state index is 12.5. The van der Waals surface area contributed by atoms with E-state index in [-0.39, 0.29) is 17.8 Å². The lowest BCUT2D eigenvalue weighted by atomic mass is 9.99. The summed E-state index contributed by atoms with van der Waals surface area (Å²) in [6, 6.07) is 5.72. The van der Waals surface area contributed by atoms with Gasteiger partial charge in [-0.05, 0) is 128 Å². The van der Waals surface area contributed by atoms with Gasteiger partial charge in [0.15, 0.2) is 0 Å². The Morgan fingerprint density at radius 1 is 0.769 bits per heavy atom. The van der Waals surface area contributed by atoms with Crippen LogP contribution in [-0.2, 0) is 96.0 Å². The molecule has 23 heteroatoms. The normalized spacial score (nSPS) is 15.0. The van der Waals surface area contributed by atoms with Gasteiger partial charge in [-0.3, -0.25) is 14.1 Å². The van der Waals surface area contributed by atoms with Gasteiger partial charge in [-0.15, -0.1) is 10.2 Å². The molecular weight excluding hydrogens is 908 g/mol. The Bertz CT molecular complexity index is 2840. The van der Waals surface area contributed by atoms with Gasteiger partial charge in [-0.1, -0.05) is 31.8 Å². The third-order valence-corrected chi connectivity index (χ3v) is 15.8. The minimum absolute atomic E-state index is 0.128. The molecule has 0 saturated heterocycles. The number of nitrogens with one attached hydrogen (secondary N) is 4. The van der Waals surface area contributed by atoms with Crippen molar-refractivity contribution in [3.05, 3.63) is 81.4 Å². The number of H-pyrrole nitrogens is 1. The highest BCUT2D eigenvalue weighted by atomic mass is 35.7. The van der Waals surface area contributed by atoms with Crippen LogP contribution in [0.4, 0.5) is 34.6 Å². The summed E-state index contributed by atoms with van der Waals surface area (Å²) in [7, 11) is -0.0517. The topological polar surface area (TPSA) is 248 Å². The Balaban J connectivity index is 0.000000154. The summed E-state index contributed by atoms with van der Waals surface area (Å²) in [5.41, 5.74) is 19.4. The van der Waals surface area contributed by atoms with E-state index in [1.54, 1.807) is 30.3 Å². The number of anilines is 6. The molecule has 4 heterocycles. The molecule has 348 valence electrons. The van der Waals surface area contributed by atoms with Crippen LogP contribution in [-0.4, -0.2) is 81.0 Å². The van der Waals surface area contributed by atoms with Crippen LogP contribution in [0.3, 0.4) is 0 Å². The van der Waals surface area contributed by atoms with E-state index in [9.17, 15) is 16.8 Å². The molecule has 65 heavy (non-hydrogen) atoms. The quantitative estimate of drug-likeness (QED) is 0.0484. The molecule has 0 fully saturated rings. The summed E-state index contributed by atoms with van der Waals surface area (Å²) < 4.78 is 61.7. The van der Waals surface area contributed by atoms with E-state index in [0.717, 1.165) is 94.5 Å². The molecule has 0 amide bonds. The molecule has 19 nitrogen and oxygen atoms in total. The summed E-state index contributed by atoms with van der Waals surface area (Å²) in [5, 5.41) is 24.6. The van der Waals surface area contributed by atoms with E-state index >= 15 is 0 Å². The number of sulfonamides is 1. The van der Waals surface area contributed by atoms with Crippen LogP contribution in [0.25, 0.3) is 0 Å². The van der Waals surface area contributed by atoms with Crippen molar-refractivity contribution >= 4 is 72.5 Å². The molecule has 0 saturated carbocycles. The third kappa shape index (κ3) is 11.1. The van der Waals surface area contributed by atoms with Gasteiger partial charge >= 0.3 is 0 Å². The SMILES string of the molecule is C[Si](C)(C)CCOCn1nc(S(=O)(=O)Cl)nc1Nc1c2c(cc3c1CCC3)CCC2.Cn1cc(N)cn1.Cn1cc(NS(=O)(=O)c2nc(Nc3c4c(cc5c3CCC5)CCC4)n[nH]2)cn1. The first kappa shape index (κ1) is 46.2. The number of hydrogen-bond donors (Lipinski definition) is 5. The first-order valence-electron chi connectivity index (χ1n) is 21.9. The van der Waals surface area contributed by atoms with Gasteiger partial charge in [0.05, 0.1) is 23.8 Å². The van der Waals surface area contributed by atoms with Gasteiger partial charge in [0, 0.05) is 63.2 Å². The maximum absolute atomic E-state index is 12.5. The van der Waals surface area contributed by atoms with Crippen LogP contribution in [0.5, 0.6) is 0 Å². The van der Waals surface area contributed by atoms with E-state index in [4.69, 9.17) is 21.2 Å². The molecule has 0 unspecified atom stereocenters. The number of hydrogen-bond acceptors (Lipinski definition) is 14. The number of nitrogens with two attached hydrogens (primary N) is 1. The fourth-order valence-electron chi connectivity index (χ4n) is 8.83. The second kappa shape index (κ2) is 18.9. The average Bonchev–Trinajstić information content (AvgIpc) is 4.08. The number of aromatic amines is 1. The van der Waals surface area contributed by atoms with Crippen molar-refractivity contribution in [2.24, 2.45) is 14.1 Å². The van der Waals surface area contributed by atoms with E-state index < -0.39 is 32.3 Å². The second-order valence-corrected chi connectivity index (χ2v) is 27.8. The van der Waals surface area contributed by atoms with Crippen molar-refractivity contribution < 1.29 is 21.6 Å². The Morgan fingerprint density at radius 3 is 1.77 bits per heavy atom. The highest BCUT2D eigenvalue weighted by Crippen LogP contribution is 2.41. The Kier molecular flexibility index (Phi) is 13.4. The number of aromatic nitrogens is 10. The van der Waals surface area contributed by atoms with Gasteiger partial charge in [0.2, 0.25) is 11.9 Å². The standard InChI is InChI=1S/C20H29ClN4O3SSi.C18H21N7O2S.C4H7N3/c1-30(2,3)11-10-28-13-25-19(23-20(24-25)29(21,26)27)22-18-16-8-4-6-14(16)12-15-7-5-9-17(15)18;1-25-10-13(9-19-25)24-28(26,27)18-21-17(22-23-18)20-16-14-6-2-4-11(14)8-12-5-3-7-15(12)16;1-7-3-4(5)2-6-7/h12H,4-11,13H2,1-3H3,(H,22,23,24);8-10,24H,2-7H2,1H3,(H2,20,21,22,23);2-3H,5H2,1H3. The number of rotatable bonds is 13. The van der Waals surface area contributed by atoms with Crippen molar-refractivity contribution in [2.45, 2.75) is 120 Å². The molecule has 0 bridgehead atoms. The average molecular weight is 966 g/mol. The zero-order valence-electron chi connectivity index (χ0n) is 37.4. The predicted molar refractivity (Wildman–Crippen MR) is 253 cm³/mol. The summed E-state index contributed by atoms with van der Waals surface area (Å²) >= 11 is 0. The van der Waals surface area contributed by atoms with Crippen LogP contribution < -0.4 is 21.1 Å². The number of halogens is 1. The smallest absolute Gasteiger partial charge is 0.298 e. The molecule has 0 atom stereocenters. The lowest BCUT2D eigenvalue weighted by Gasteiger charge is -2.18. The summed E-state index contributed by atoms with van der Waals surface area (Å²) in [4.78, 5) is 8.38. The Hall–Kier alpha value is -5.29. The predicted octanol–water partition coefficient (Wildman–Crippen LogP) is 6.30. The number of aryl methyl sites for hydroxylation is 6. The molecule has 6 aromatic rings. The number of fused-ring (bicyclic) bond motifs is 4. The van der Waals surface area contributed by atoms with Crippen LogP contribution in [0.15, 0.2) is 47.2 Å². The number of nitrogens with zero attached hydrogens (tertiary/aromatic N) is 9.